The molecule has 3 aromatic heterocycles. The molecule has 7 heteroatoms. The van der Waals surface area contributed by atoms with E-state index in [1.807, 2.05) is 66.2 Å². The fourth-order valence-electron chi connectivity index (χ4n) is 3.30. The lowest BCUT2D eigenvalue weighted by atomic mass is 10.1. The number of fused-ring (bicyclic) bond motifs is 2. The van der Waals surface area contributed by atoms with Gasteiger partial charge in [0, 0.05) is 42.5 Å². The summed E-state index contributed by atoms with van der Waals surface area (Å²) in [6.45, 7) is 3.27. The van der Waals surface area contributed by atoms with E-state index in [0.29, 0.717) is 18.0 Å². The Morgan fingerprint density at radius 1 is 1.15 bits per heavy atom. The molecule has 0 aliphatic heterocycles. The fourth-order valence-corrected chi connectivity index (χ4v) is 3.30. The Bertz CT molecular complexity index is 1100. The van der Waals surface area contributed by atoms with Crippen LogP contribution in [0.1, 0.15) is 29.1 Å². The van der Waals surface area contributed by atoms with E-state index in [4.69, 9.17) is 4.74 Å². The van der Waals surface area contributed by atoms with Gasteiger partial charge in [-0.25, -0.2) is 0 Å². The molecule has 0 aliphatic rings. The van der Waals surface area contributed by atoms with Crippen LogP contribution >= 0.6 is 0 Å². The molecule has 1 aromatic carbocycles. The third-order valence-corrected chi connectivity index (χ3v) is 4.67. The molecule has 1 atom stereocenters. The Hall–Kier alpha value is -3.19. The van der Waals surface area contributed by atoms with Crippen LogP contribution in [0.15, 0.2) is 54.9 Å². The summed E-state index contributed by atoms with van der Waals surface area (Å²) < 4.78 is 9.13. The number of hydrogen-bond acceptors (Lipinski definition) is 4. The van der Waals surface area contributed by atoms with Crippen molar-refractivity contribution in [2.75, 3.05) is 13.7 Å². The number of rotatable bonds is 6. The van der Waals surface area contributed by atoms with Gasteiger partial charge in [-0.15, -0.1) is 10.2 Å². The molecule has 138 valence electrons. The van der Waals surface area contributed by atoms with E-state index in [-0.39, 0.29) is 11.9 Å². The first-order valence-electron chi connectivity index (χ1n) is 8.86. The monoisotopic (exact) mass is 363 g/mol. The average Bonchev–Trinajstić information content (AvgIpc) is 3.30. The third kappa shape index (κ3) is 3.17. The highest BCUT2D eigenvalue weighted by Crippen LogP contribution is 2.21. The van der Waals surface area contributed by atoms with Crippen molar-refractivity contribution in [2.45, 2.75) is 19.5 Å². The molecule has 0 radical (unpaired) electrons. The van der Waals surface area contributed by atoms with E-state index in [2.05, 4.69) is 20.1 Å². The molecule has 0 unspecified atom stereocenters. The van der Waals surface area contributed by atoms with Crippen molar-refractivity contribution in [1.82, 2.24) is 24.5 Å². The van der Waals surface area contributed by atoms with Crippen LogP contribution in [0, 0.1) is 0 Å². The Labute approximate surface area is 156 Å². The first-order valence-corrected chi connectivity index (χ1v) is 8.86. The van der Waals surface area contributed by atoms with Crippen molar-refractivity contribution >= 4 is 22.5 Å². The van der Waals surface area contributed by atoms with Crippen molar-refractivity contribution in [3.05, 3.63) is 66.2 Å². The second-order valence-electron chi connectivity index (χ2n) is 6.42. The largest absolute Gasteiger partial charge is 0.383 e. The maximum atomic E-state index is 12.9. The van der Waals surface area contributed by atoms with E-state index in [9.17, 15) is 4.79 Å². The normalized spacial score (nSPS) is 12.5. The van der Waals surface area contributed by atoms with Gasteiger partial charge in [0.05, 0.1) is 12.6 Å². The highest BCUT2D eigenvalue weighted by Gasteiger charge is 2.18. The molecule has 1 amide bonds. The molecule has 7 nitrogen and oxygen atoms in total. The summed E-state index contributed by atoms with van der Waals surface area (Å²) in [6.07, 6.45) is 3.87. The zero-order valence-electron chi connectivity index (χ0n) is 15.3. The molecule has 4 aromatic rings. The Morgan fingerprint density at radius 2 is 2.04 bits per heavy atom. The number of carbonyl (C=O) groups is 1. The van der Waals surface area contributed by atoms with Crippen LogP contribution in [-0.2, 0) is 11.3 Å². The highest BCUT2D eigenvalue weighted by atomic mass is 16.5. The van der Waals surface area contributed by atoms with E-state index in [1.54, 1.807) is 7.11 Å². The highest BCUT2D eigenvalue weighted by molar-refractivity contribution is 6.06. The predicted octanol–water partition coefficient (Wildman–Crippen LogP) is 2.82. The first kappa shape index (κ1) is 17.2. The Balaban J connectivity index is 1.60. The second-order valence-corrected chi connectivity index (χ2v) is 6.42. The molecule has 0 bridgehead atoms. The van der Waals surface area contributed by atoms with Crippen molar-refractivity contribution in [3.8, 4) is 0 Å². The maximum absolute atomic E-state index is 12.9. The standard InChI is InChI=1S/C20H21N5O2/c1-14(19-23-22-18-8-3-4-10-25(18)19)21-20(26)16-6-5-7-17-15(16)9-11-24(17)12-13-27-2/h3-11,14H,12-13H2,1-2H3,(H,21,26)/t14-/m1/s1. The molecular weight excluding hydrogens is 342 g/mol. The van der Waals surface area contributed by atoms with Gasteiger partial charge in [-0.2, -0.15) is 0 Å². The fraction of sp³-hybridized carbons (Fsp3) is 0.250. The minimum atomic E-state index is -0.277. The summed E-state index contributed by atoms with van der Waals surface area (Å²) in [6, 6.07) is 13.2. The lowest BCUT2D eigenvalue weighted by Crippen LogP contribution is -2.28. The average molecular weight is 363 g/mol. The predicted molar refractivity (Wildman–Crippen MR) is 103 cm³/mol. The number of ether oxygens (including phenoxy) is 1. The summed E-state index contributed by atoms with van der Waals surface area (Å²) in [7, 11) is 1.68. The lowest BCUT2D eigenvalue weighted by molar-refractivity contribution is 0.0940. The summed E-state index contributed by atoms with van der Waals surface area (Å²) >= 11 is 0. The summed E-state index contributed by atoms with van der Waals surface area (Å²) in [5, 5.41) is 12.3. The number of benzene rings is 1. The lowest BCUT2D eigenvalue weighted by Gasteiger charge is -2.13. The number of nitrogens with zero attached hydrogens (tertiary/aromatic N) is 4. The Morgan fingerprint density at radius 3 is 2.89 bits per heavy atom. The van der Waals surface area contributed by atoms with Crippen molar-refractivity contribution in [1.29, 1.82) is 0 Å². The van der Waals surface area contributed by atoms with Crippen LogP contribution in [0.25, 0.3) is 16.6 Å². The zero-order valence-corrected chi connectivity index (χ0v) is 15.3. The minimum Gasteiger partial charge on any atom is -0.383 e. The van der Waals surface area contributed by atoms with Crippen LogP contribution in [-0.4, -0.2) is 38.8 Å². The third-order valence-electron chi connectivity index (χ3n) is 4.67. The van der Waals surface area contributed by atoms with Crippen LogP contribution in [0.5, 0.6) is 0 Å². The van der Waals surface area contributed by atoms with Gasteiger partial charge in [0.1, 0.15) is 0 Å². The van der Waals surface area contributed by atoms with Gasteiger partial charge < -0.3 is 14.6 Å². The molecule has 1 N–H and O–H groups in total. The summed E-state index contributed by atoms with van der Waals surface area (Å²) in [5.41, 5.74) is 2.41. The van der Waals surface area contributed by atoms with Crippen molar-refractivity contribution < 1.29 is 9.53 Å². The first-order chi connectivity index (χ1) is 13.2. The summed E-state index contributed by atoms with van der Waals surface area (Å²) in [5.74, 6) is 0.564. The quantitative estimate of drug-likeness (QED) is 0.572. The van der Waals surface area contributed by atoms with Gasteiger partial charge in [0.2, 0.25) is 0 Å². The zero-order chi connectivity index (χ0) is 18.8. The van der Waals surface area contributed by atoms with Gasteiger partial charge in [-0.3, -0.25) is 9.20 Å². The molecule has 0 fully saturated rings. The van der Waals surface area contributed by atoms with Gasteiger partial charge in [0.25, 0.3) is 5.91 Å². The number of methoxy groups -OCH3 is 1. The van der Waals surface area contributed by atoms with Crippen LogP contribution < -0.4 is 5.32 Å². The number of aromatic nitrogens is 4. The molecule has 0 spiro atoms. The van der Waals surface area contributed by atoms with Crippen molar-refractivity contribution in [2.24, 2.45) is 0 Å². The number of carbonyl (C=O) groups excluding carboxylic acids is 1. The molecular formula is C20H21N5O2. The van der Waals surface area contributed by atoms with Gasteiger partial charge >= 0.3 is 0 Å². The second kappa shape index (κ2) is 7.20. The van der Waals surface area contributed by atoms with Crippen LogP contribution in [0.2, 0.25) is 0 Å². The molecule has 0 saturated heterocycles. The van der Waals surface area contributed by atoms with Crippen LogP contribution in [0.3, 0.4) is 0 Å². The number of amides is 1. The molecule has 4 rings (SSSR count). The van der Waals surface area contributed by atoms with E-state index in [0.717, 1.165) is 23.1 Å². The molecule has 0 saturated carbocycles. The number of nitrogens with one attached hydrogen (secondary N) is 1. The van der Waals surface area contributed by atoms with Gasteiger partial charge in [-0.1, -0.05) is 12.1 Å². The SMILES string of the molecule is COCCn1ccc2c(C(=O)N[C@H](C)c3nnc4ccccn34)cccc21. The molecule has 3 heterocycles. The van der Waals surface area contributed by atoms with E-state index < -0.39 is 0 Å². The molecule has 0 aliphatic carbocycles. The van der Waals surface area contributed by atoms with Gasteiger partial charge in [-0.05, 0) is 37.3 Å². The number of pyridine rings is 1. The topological polar surface area (TPSA) is 73.4 Å². The minimum absolute atomic E-state index is 0.134. The Kier molecular flexibility index (Phi) is 4.60. The maximum Gasteiger partial charge on any atom is 0.252 e. The molecule has 27 heavy (non-hydrogen) atoms. The van der Waals surface area contributed by atoms with Crippen molar-refractivity contribution in [3.63, 3.8) is 0 Å². The smallest absolute Gasteiger partial charge is 0.252 e. The van der Waals surface area contributed by atoms with E-state index in [1.165, 1.54) is 0 Å². The van der Waals surface area contributed by atoms with Gasteiger partial charge in [0.15, 0.2) is 11.5 Å². The summed E-state index contributed by atoms with van der Waals surface area (Å²) in [4.78, 5) is 12.9. The van der Waals surface area contributed by atoms with Crippen LogP contribution in [0.4, 0.5) is 0 Å². The van der Waals surface area contributed by atoms with E-state index >= 15 is 0 Å². The number of hydrogen-bond donors (Lipinski definition) is 1.